The van der Waals surface area contributed by atoms with Crippen LogP contribution in [-0.4, -0.2) is 29.2 Å². The summed E-state index contributed by atoms with van der Waals surface area (Å²) in [5.41, 5.74) is 2.20. The molecule has 0 radical (unpaired) electrons. The highest BCUT2D eigenvalue weighted by Crippen LogP contribution is 2.36. The Morgan fingerprint density at radius 2 is 1.93 bits per heavy atom. The van der Waals surface area contributed by atoms with Crippen molar-refractivity contribution in [2.45, 2.75) is 33.4 Å². The first-order chi connectivity index (χ1) is 21.9. The predicted molar refractivity (Wildman–Crippen MR) is 185 cm³/mol. The first kappa shape index (κ1) is 33.6. The molecule has 0 unspecified atom stereocenters. The van der Waals surface area contributed by atoms with Crippen LogP contribution >= 0.6 is 57.1 Å². The van der Waals surface area contributed by atoms with Crippen LogP contribution in [0.15, 0.2) is 69.6 Å². The molecule has 10 nitrogen and oxygen atoms in total. The van der Waals surface area contributed by atoms with Crippen molar-refractivity contribution in [3.63, 3.8) is 0 Å². The van der Waals surface area contributed by atoms with E-state index in [-0.39, 0.29) is 24.5 Å². The number of fused-ring (bicyclic) bond motifs is 1. The Morgan fingerprint density at radius 3 is 2.61 bits per heavy atom. The summed E-state index contributed by atoms with van der Waals surface area (Å²) in [5, 5.41) is 12.8. The Balaban J connectivity index is 1.60. The van der Waals surface area contributed by atoms with Crippen LogP contribution < -0.4 is 24.4 Å². The summed E-state index contributed by atoms with van der Waals surface area (Å²) in [6.45, 7) is 5.24. The number of allylic oxidation sites excluding steroid dienone is 1. The molecule has 1 aliphatic rings. The summed E-state index contributed by atoms with van der Waals surface area (Å²) in [7, 11) is 1.52. The van der Waals surface area contributed by atoms with Gasteiger partial charge in [0.15, 0.2) is 16.3 Å². The minimum absolute atomic E-state index is 0.105. The maximum Gasteiger partial charge on any atom is 0.338 e. The van der Waals surface area contributed by atoms with Crippen molar-refractivity contribution in [1.82, 2.24) is 4.57 Å². The number of ether oxygens (including phenoxy) is 3. The molecule has 2 heterocycles. The van der Waals surface area contributed by atoms with Gasteiger partial charge >= 0.3 is 5.97 Å². The number of rotatable bonds is 9. The van der Waals surface area contributed by atoms with Gasteiger partial charge in [0, 0.05) is 27.2 Å². The number of nitro groups is 1. The van der Waals surface area contributed by atoms with E-state index in [1.807, 2.05) is 6.07 Å². The lowest BCUT2D eigenvalue weighted by Crippen LogP contribution is -2.40. The van der Waals surface area contributed by atoms with Gasteiger partial charge in [0.25, 0.3) is 11.2 Å². The van der Waals surface area contributed by atoms with Gasteiger partial charge in [-0.1, -0.05) is 52.7 Å². The Hall–Kier alpha value is -3.72. The molecule has 5 rings (SSSR count). The fourth-order valence-electron chi connectivity index (χ4n) is 5.00. The summed E-state index contributed by atoms with van der Waals surface area (Å²) in [6, 6.07) is 12.4. The van der Waals surface area contributed by atoms with Gasteiger partial charge in [-0.15, -0.1) is 0 Å². The molecule has 14 heteroatoms. The lowest BCUT2D eigenvalue weighted by Gasteiger charge is -2.24. The molecular formula is C32H26Cl2IN3O7S. The number of nitrogens with zero attached hydrogens (tertiary/aromatic N) is 3. The molecule has 1 atom stereocenters. The van der Waals surface area contributed by atoms with Crippen LogP contribution in [0.3, 0.4) is 0 Å². The highest BCUT2D eigenvalue weighted by atomic mass is 127. The number of benzene rings is 3. The van der Waals surface area contributed by atoms with Gasteiger partial charge < -0.3 is 14.2 Å². The Bertz CT molecular complexity index is 2110. The molecule has 0 fully saturated rings. The second-order valence-electron chi connectivity index (χ2n) is 10.2. The van der Waals surface area contributed by atoms with Crippen LogP contribution in [0.25, 0.3) is 6.08 Å². The van der Waals surface area contributed by atoms with E-state index < -0.39 is 22.5 Å². The maximum atomic E-state index is 14.0. The van der Waals surface area contributed by atoms with Crippen molar-refractivity contribution in [3.05, 3.63) is 125 Å². The van der Waals surface area contributed by atoms with Crippen molar-refractivity contribution in [2.24, 2.45) is 4.99 Å². The Labute approximate surface area is 290 Å². The number of thiazole rings is 1. The van der Waals surface area contributed by atoms with Gasteiger partial charge in [-0.25, -0.2) is 9.79 Å². The van der Waals surface area contributed by atoms with E-state index in [4.69, 9.17) is 37.4 Å². The van der Waals surface area contributed by atoms with Crippen molar-refractivity contribution >= 4 is 74.9 Å². The van der Waals surface area contributed by atoms with E-state index in [1.54, 1.807) is 63.2 Å². The molecule has 0 aliphatic carbocycles. The molecule has 0 saturated carbocycles. The molecule has 0 spiro atoms. The third kappa shape index (κ3) is 6.70. The number of hydrogen-bond acceptors (Lipinski definition) is 9. The van der Waals surface area contributed by atoms with Gasteiger partial charge in [0.05, 0.1) is 44.1 Å². The van der Waals surface area contributed by atoms with Crippen LogP contribution in [0.4, 0.5) is 5.69 Å². The lowest BCUT2D eigenvalue weighted by molar-refractivity contribution is -0.385. The lowest BCUT2D eigenvalue weighted by atomic mass is 9.94. The minimum atomic E-state index is -0.984. The molecule has 0 N–H and O–H groups in total. The summed E-state index contributed by atoms with van der Waals surface area (Å²) < 4.78 is 19.5. The van der Waals surface area contributed by atoms with Crippen molar-refractivity contribution < 1.29 is 23.9 Å². The fraction of sp³-hybridized carbons (Fsp3) is 0.219. The van der Waals surface area contributed by atoms with Crippen molar-refractivity contribution in [2.75, 3.05) is 13.7 Å². The Kier molecular flexibility index (Phi) is 10.2. The molecule has 46 heavy (non-hydrogen) atoms. The molecule has 3 aromatic carbocycles. The number of aromatic nitrogens is 1. The number of aryl methyl sites for hydroxylation is 1. The zero-order chi connectivity index (χ0) is 33.3. The zero-order valence-electron chi connectivity index (χ0n) is 24.9. The molecule has 0 amide bonds. The van der Waals surface area contributed by atoms with E-state index in [0.717, 1.165) is 20.5 Å². The van der Waals surface area contributed by atoms with Crippen LogP contribution in [0.5, 0.6) is 11.5 Å². The van der Waals surface area contributed by atoms with E-state index in [9.17, 15) is 19.7 Å². The molecule has 4 aromatic rings. The topological polar surface area (TPSA) is 122 Å². The number of methoxy groups -OCH3 is 1. The first-order valence-electron chi connectivity index (χ1n) is 13.8. The average Bonchev–Trinajstić information content (AvgIpc) is 3.30. The number of halogens is 3. The van der Waals surface area contributed by atoms with Crippen LogP contribution in [0, 0.1) is 20.6 Å². The number of esters is 1. The van der Waals surface area contributed by atoms with Crippen molar-refractivity contribution in [3.8, 4) is 11.5 Å². The van der Waals surface area contributed by atoms with Gasteiger partial charge in [0.1, 0.15) is 6.61 Å². The van der Waals surface area contributed by atoms with E-state index in [0.29, 0.717) is 53.3 Å². The third-order valence-corrected chi connectivity index (χ3v) is 9.57. The second-order valence-corrected chi connectivity index (χ2v) is 13.2. The van der Waals surface area contributed by atoms with Crippen LogP contribution in [-0.2, 0) is 16.1 Å². The van der Waals surface area contributed by atoms with Gasteiger partial charge in [0.2, 0.25) is 0 Å². The SMILES string of the molecule is CCOC(=O)C1=C(C)N=c2s/c(=C/c3cc(I)c(OCc4ccc(Cl)cc4Cl)c(OC)c3)c(=O)n2[C@@H]1c1ccc(C)c([N+](=O)[O-])c1. The van der Waals surface area contributed by atoms with Gasteiger partial charge in [-0.2, -0.15) is 0 Å². The number of nitro benzene ring substituents is 1. The van der Waals surface area contributed by atoms with Gasteiger partial charge in [-0.05, 0) is 84.8 Å². The zero-order valence-corrected chi connectivity index (χ0v) is 29.4. The van der Waals surface area contributed by atoms with E-state index >= 15 is 0 Å². The van der Waals surface area contributed by atoms with Crippen LogP contribution in [0.1, 0.15) is 42.1 Å². The largest absolute Gasteiger partial charge is 0.493 e. The molecule has 238 valence electrons. The maximum absolute atomic E-state index is 14.0. The third-order valence-electron chi connectivity index (χ3n) is 7.20. The standard InChI is InChI=1S/C32H26Cl2IN3O7S/c1-5-44-31(40)27-17(3)36-32-37(28(27)19-7-6-16(2)24(13-19)38(41)42)30(39)26(46-32)12-18-10-23(35)29(25(11-18)43-4)45-15-20-8-9-21(33)14-22(20)34/h6-14,28H,5,15H2,1-4H3/b26-12+/t28-/m1/s1. The van der Waals surface area contributed by atoms with Gasteiger partial charge in [-0.3, -0.25) is 19.5 Å². The number of carbonyl (C=O) groups excluding carboxylic acids is 1. The quantitative estimate of drug-likeness (QED) is 0.0820. The van der Waals surface area contributed by atoms with Crippen LogP contribution in [0.2, 0.25) is 10.0 Å². The van der Waals surface area contributed by atoms with E-state index in [2.05, 4.69) is 27.6 Å². The normalized spacial score (nSPS) is 14.5. The summed E-state index contributed by atoms with van der Waals surface area (Å²) in [4.78, 5) is 43.4. The monoisotopic (exact) mass is 793 g/mol. The molecule has 0 saturated heterocycles. The fourth-order valence-corrected chi connectivity index (χ4v) is 7.29. The first-order valence-corrected chi connectivity index (χ1v) is 16.5. The van der Waals surface area contributed by atoms with E-state index in [1.165, 1.54) is 17.7 Å². The van der Waals surface area contributed by atoms with Crippen molar-refractivity contribution in [1.29, 1.82) is 0 Å². The molecule has 1 aromatic heterocycles. The molecule has 1 aliphatic heterocycles. The Morgan fingerprint density at radius 1 is 1.17 bits per heavy atom. The smallest absolute Gasteiger partial charge is 0.338 e. The molecular weight excluding hydrogens is 768 g/mol. The predicted octanol–water partition coefficient (Wildman–Crippen LogP) is 6.51. The number of carbonyl (C=O) groups is 1. The summed E-state index contributed by atoms with van der Waals surface area (Å²) >= 11 is 15.6. The summed E-state index contributed by atoms with van der Waals surface area (Å²) in [5.74, 6) is 0.297. The summed E-state index contributed by atoms with van der Waals surface area (Å²) in [6.07, 6.45) is 1.70. The highest BCUT2D eigenvalue weighted by Gasteiger charge is 2.34. The second kappa shape index (κ2) is 14.0. The number of hydrogen-bond donors (Lipinski definition) is 0. The average molecular weight is 794 g/mol. The minimum Gasteiger partial charge on any atom is -0.493 e. The molecule has 0 bridgehead atoms. The highest BCUT2D eigenvalue weighted by molar-refractivity contribution is 14.1.